The second kappa shape index (κ2) is 5.87. The maximum Gasteiger partial charge on any atom is 0.134 e. The third kappa shape index (κ3) is 3.11. The van der Waals surface area contributed by atoms with Crippen LogP contribution in [0.2, 0.25) is 0 Å². The fraction of sp³-hybridized carbons (Fsp3) is 0.360. The van der Waals surface area contributed by atoms with E-state index in [-0.39, 0.29) is 10.8 Å². The molecule has 1 aliphatic rings. The first-order chi connectivity index (χ1) is 12.2. The van der Waals surface area contributed by atoms with Crippen molar-refractivity contribution in [3.8, 4) is 0 Å². The maximum absolute atomic E-state index is 5.60. The van der Waals surface area contributed by atoms with Crippen molar-refractivity contribution < 1.29 is 4.42 Å². The van der Waals surface area contributed by atoms with E-state index in [4.69, 9.17) is 4.42 Å². The number of hydrogen-bond donors (Lipinski definition) is 0. The van der Waals surface area contributed by atoms with E-state index in [2.05, 4.69) is 77.1 Å². The Labute approximate surface area is 156 Å². The fourth-order valence-corrected chi connectivity index (χ4v) is 4.03. The van der Waals surface area contributed by atoms with Crippen LogP contribution in [0.25, 0.3) is 17.0 Å². The first kappa shape index (κ1) is 17.1. The molecule has 3 aromatic rings. The van der Waals surface area contributed by atoms with Crippen molar-refractivity contribution in [1.29, 1.82) is 0 Å². The first-order valence-corrected chi connectivity index (χ1v) is 9.53. The molecule has 0 amide bonds. The molecule has 0 bridgehead atoms. The van der Waals surface area contributed by atoms with Gasteiger partial charge < -0.3 is 4.42 Å². The lowest BCUT2D eigenvalue weighted by molar-refractivity contribution is 0.516. The Hall–Kier alpha value is -2.28. The van der Waals surface area contributed by atoms with Crippen LogP contribution in [-0.4, -0.2) is 0 Å². The van der Waals surface area contributed by atoms with Crippen LogP contribution in [0.3, 0.4) is 0 Å². The zero-order valence-electron chi connectivity index (χ0n) is 16.5. The van der Waals surface area contributed by atoms with Gasteiger partial charge in [-0.1, -0.05) is 76.6 Å². The Bertz CT molecular complexity index is 992. The summed E-state index contributed by atoms with van der Waals surface area (Å²) in [7, 11) is 0. The van der Waals surface area contributed by atoms with Crippen LogP contribution in [0.4, 0.5) is 0 Å². The van der Waals surface area contributed by atoms with Gasteiger partial charge in [-0.2, -0.15) is 0 Å². The Morgan fingerprint density at radius 3 is 2.42 bits per heavy atom. The molecule has 2 aromatic carbocycles. The molecule has 0 aliphatic heterocycles. The topological polar surface area (TPSA) is 13.1 Å². The van der Waals surface area contributed by atoms with Crippen LogP contribution < -0.4 is 0 Å². The van der Waals surface area contributed by atoms with E-state index < -0.39 is 0 Å². The van der Waals surface area contributed by atoms with Gasteiger partial charge in [0, 0.05) is 5.39 Å². The van der Waals surface area contributed by atoms with Gasteiger partial charge >= 0.3 is 0 Å². The van der Waals surface area contributed by atoms with Gasteiger partial charge in [0.2, 0.25) is 0 Å². The Morgan fingerprint density at radius 1 is 0.885 bits per heavy atom. The second-order valence-corrected chi connectivity index (χ2v) is 9.38. The molecular formula is C25H28O. The van der Waals surface area contributed by atoms with E-state index in [1.165, 1.54) is 33.2 Å². The van der Waals surface area contributed by atoms with Crippen molar-refractivity contribution in [2.45, 2.75) is 58.3 Å². The summed E-state index contributed by atoms with van der Waals surface area (Å²) in [5, 5.41) is 1.17. The zero-order valence-corrected chi connectivity index (χ0v) is 16.5. The lowest BCUT2D eigenvalue weighted by atomic mass is 9.78. The summed E-state index contributed by atoms with van der Waals surface area (Å²) in [5.41, 5.74) is 8.41. The van der Waals surface area contributed by atoms with Gasteiger partial charge in [0.1, 0.15) is 5.58 Å². The minimum absolute atomic E-state index is 0.0850. The lowest BCUT2D eigenvalue weighted by Gasteiger charge is -2.26. The van der Waals surface area contributed by atoms with E-state index in [9.17, 15) is 0 Å². The molecule has 0 atom stereocenters. The molecule has 26 heavy (non-hydrogen) atoms. The Kier molecular flexibility index (Phi) is 3.87. The monoisotopic (exact) mass is 344 g/mol. The smallest absolute Gasteiger partial charge is 0.134 e. The summed E-state index contributed by atoms with van der Waals surface area (Å²) in [6.07, 6.45) is 6.33. The molecule has 1 aromatic heterocycles. The van der Waals surface area contributed by atoms with Crippen molar-refractivity contribution in [3.63, 3.8) is 0 Å². The van der Waals surface area contributed by atoms with Crippen LogP contribution >= 0.6 is 0 Å². The standard InChI is InChI=1S/C25H28O/c1-24(2,3)21-8-7-19-12-17(13-20(19)14-21)16-25(4,5)22-9-6-18-10-11-26-23(18)15-22/h6-11,13-15H,12,16H2,1-5H3. The number of rotatable bonds is 3. The summed E-state index contributed by atoms with van der Waals surface area (Å²) in [6.45, 7) is 11.5. The highest BCUT2D eigenvalue weighted by Gasteiger charge is 2.26. The van der Waals surface area contributed by atoms with Crippen LogP contribution in [0.5, 0.6) is 0 Å². The number of benzene rings is 2. The third-order valence-electron chi connectivity index (χ3n) is 5.70. The van der Waals surface area contributed by atoms with E-state index in [1.807, 2.05) is 6.07 Å². The first-order valence-electron chi connectivity index (χ1n) is 9.53. The molecule has 0 fully saturated rings. The molecule has 0 spiro atoms. The number of fused-ring (bicyclic) bond motifs is 2. The molecule has 134 valence electrons. The summed E-state index contributed by atoms with van der Waals surface area (Å²) >= 11 is 0. The Balaban J connectivity index is 1.59. The van der Waals surface area contributed by atoms with Crippen molar-refractivity contribution in [3.05, 3.63) is 76.6 Å². The van der Waals surface area contributed by atoms with Crippen molar-refractivity contribution in [1.82, 2.24) is 0 Å². The maximum atomic E-state index is 5.60. The average molecular weight is 344 g/mol. The molecule has 1 heteroatoms. The van der Waals surface area contributed by atoms with Crippen LogP contribution in [-0.2, 0) is 17.3 Å². The minimum atomic E-state index is 0.0850. The van der Waals surface area contributed by atoms with E-state index in [1.54, 1.807) is 6.26 Å². The molecule has 0 radical (unpaired) electrons. The highest BCUT2D eigenvalue weighted by molar-refractivity contribution is 5.78. The largest absolute Gasteiger partial charge is 0.464 e. The van der Waals surface area contributed by atoms with Gasteiger partial charge in [0.05, 0.1) is 6.26 Å². The van der Waals surface area contributed by atoms with Crippen LogP contribution in [0.15, 0.2) is 58.7 Å². The summed E-state index contributed by atoms with van der Waals surface area (Å²) in [6, 6.07) is 15.6. The number of furan rings is 1. The molecule has 1 aliphatic carbocycles. The SMILES string of the molecule is CC(C)(C)c1ccc2c(c1)C=C(CC(C)(C)c1ccc3ccoc3c1)C2. The molecule has 4 rings (SSSR count). The highest BCUT2D eigenvalue weighted by Crippen LogP contribution is 2.38. The minimum Gasteiger partial charge on any atom is -0.464 e. The zero-order chi connectivity index (χ0) is 18.5. The van der Waals surface area contributed by atoms with Gasteiger partial charge in [0.25, 0.3) is 0 Å². The lowest BCUT2D eigenvalue weighted by Crippen LogP contribution is -2.18. The van der Waals surface area contributed by atoms with Crippen molar-refractivity contribution >= 4 is 17.0 Å². The highest BCUT2D eigenvalue weighted by atomic mass is 16.3. The molecule has 0 saturated carbocycles. The second-order valence-electron chi connectivity index (χ2n) is 9.38. The number of allylic oxidation sites excluding steroid dienone is 1. The predicted molar refractivity (Wildman–Crippen MR) is 111 cm³/mol. The van der Waals surface area contributed by atoms with Crippen molar-refractivity contribution in [2.75, 3.05) is 0 Å². The van der Waals surface area contributed by atoms with Crippen LogP contribution in [0.1, 0.15) is 63.3 Å². The van der Waals surface area contributed by atoms with E-state index in [0.29, 0.717) is 0 Å². The van der Waals surface area contributed by atoms with Crippen molar-refractivity contribution in [2.24, 2.45) is 0 Å². The fourth-order valence-electron chi connectivity index (χ4n) is 4.03. The molecule has 0 saturated heterocycles. The molecule has 1 nitrogen and oxygen atoms in total. The van der Waals surface area contributed by atoms with Gasteiger partial charge in [-0.3, -0.25) is 0 Å². The predicted octanol–water partition coefficient (Wildman–Crippen LogP) is 7.04. The molecule has 0 unspecified atom stereocenters. The normalized spacial score (nSPS) is 14.6. The van der Waals surface area contributed by atoms with Gasteiger partial charge in [-0.05, 0) is 58.1 Å². The van der Waals surface area contributed by atoms with E-state index in [0.717, 1.165) is 18.4 Å². The summed E-state index contributed by atoms with van der Waals surface area (Å²) in [5.74, 6) is 0. The summed E-state index contributed by atoms with van der Waals surface area (Å²) in [4.78, 5) is 0. The molecule has 0 N–H and O–H groups in total. The number of hydrogen-bond acceptors (Lipinski definition) is 1. The van der Waals surface area contributed by atoms with E-state index >= 15 is 0 Å². The molecule has 1 heterocycles. The Morgan fingerprint density at radius 2 is 1.65 bits per heavy atom. The summed E-state index contributed by atoms with van der Waals surface area (Å²) < 4.78 is 5.60. The van der Waals surface area contributed by atoms with Gasteiger partial charge in [-0.25, -0.2) is 0 Å². The van der Waals surface area contributed by atoms with Gasteiger partial charge in [-0.15, -0.1) is 0 Å². The average Bonchev–Trinajstić information content (AvgIpc) is 3.17. The quantitative estimate of drug-likeness (QED) is 0.497. The van der Waals surface area contributed by atoms with Gasteiger partial charge in [0.15, 0.2) is 0 Å². The third-order valence-corrected chi connectivity index (χ3v) is 5.70. The molecular weight excluding hydrogens is 316 g/mol. The van der Waals surface area contributed by atoms with Crippen LogP contribution in [0, 0.1) is 0 Å².